The number of anilines is 2. The number of nitrogens with zero attached hydrogens (tertiary/aromatic N) is 2. The van der Waals surface area contributed by atoms with E-state index in [9.17, 15) is 0 Å². The normalized spacial score (nSPS) is 10.8. The number of hydrogen-bond donors (Lipinski definition) is 0. The summed E-state index contributed by atoms with van der Waals surface area (Å²) >= 11 is 1.81. The van der Waals surface area contributed by atoms with Gasteiger partial charge in [0.15, 0.2) is 0 Å². The van der Waals surface area contributed by atoms with Crippen molar-refractivity contribution in [1.82, 2.24) is 4.98 Å². The Labute approximate surface area is 123 Å². The summed E-state index contributed by atoms with van der Waals surface area (Å²) in [5.74, 6) is 0. The van der Waals surface area contributed by atoms with Crippen LogP contribution in [0.15, 0.2) is 54.2 Å². The zero-order valence-corrected chi connectivity index (χ0v) is 12.4. The van der Waals surface area contributed by atoms with Crippen LogP contribution < -0.4 is 4.90 Å². The van der Waals surface area contributed by atoms with Gasteiger partial charge in [0.1, 0.15) is 0 Å². The minimum absolute atomic E-state index is 1.04. The van der Waals surface area contributed by atoms with Gasteiger partial charge in [0.25, 0.3) is 0 Å². The largest absolute Gasteiger partial charge is 0.340 e. The molecule has 0 saturated carbocycles. The molecule has 0 N–H and O–H groups in total. The molecule has 0 bridgehead atoms. The van der Waals surface area contributed by atoms with Crippen molar-refractivity contribution in [1.29, 1.82) is 0 Å². The SMILES string of the molecule is CCCCN(c1ccncc1)c1csc2ccccc12. The monoisotopic (exact) mass is 282 g/mol. The fraction of sp³-hybridized carbons (Fsp3) is 0.235. The Kier molecular flexibility index (Phi) is 3.97. The van der Waals surface area contributed by atoms with E-state index < -0.39 is 0 Å². The van der Waals surface area contributed by atoms with Gasteiger partial charge in [0.2, 0.25) is 0 Å². The fourth-order valence-corrected chi connectivity index (χ4v) is 3.35. The Hall–Kier alpha value is -1.87. The van der Waals surface area contributed by atoms with E-state index in [-0.39, 0.29) is 0 Å². The molecule has 0 aliphatic carbocycles. The molecule has 20 heavy (non-hydrogen) atoms. The van der Waals surface area contributed by atoms with E-state index in [4.69, 9.17) is 0 Å². The second kappa shape index (κ2) is 6.06. The average Bonchev–Trinajstić information content (AvgIpc) is 2.93. The van der Waals surface area contributed by atoms with Crippen LogP contribution in [-0.4, -0.2) is 11.5 Å². The predicted molar refractivity (Wildman–Crippen MR) is 88.0 cm³/mol. The lowest BCUT2D eigenvalue weighted by molar-refractivity contribution is 0.787. The minimum Gasteiger partial charge on any atom is -0.340 e. The summed E-state index contributed by atoms with van der Waals surface area (Å²) in [6, 6.07) is 12.8. The number of hydrogen-bond acceptors (Lipinski definition) is 3. The molecule has 3 rings (SSSR count). The quantitative estimate of drug-likeness (QED) is 0.636. The summed E-state index contributed by atoms with van der Waals surface area (Å²) in [5.41, 5.74) is 2.53. The summed E-state index contributed by atoms with van der Waals surface area (Å²) in [4.78, 5) is 6.53. The predicted octanol–water partition coefficient (Wildman–Crippen LogP) is 5.23. The van der Waals surface area contributed by atoms with Crippen molar-refractivity contribution in [3.05, 3.63) is 54.2 Å². The zero-order valence-electron chi connectivity index (χ0n) is 11.6. The molecular weight excluding hydrogens is 264 g/mol. The molecule has 0 unspecified atom stereocenters. The Morgan fingerprint density at radius 2 is 1.90 bits per heavy atom. The second-order valence-corrected chi connectivity index (χ2v) is 5.74. The second-order valence-electron chi connectivity index (χ2n) is 4.83. The third-order valence-corrected chi connectivity index (χ3v) is 4.41. The number of rotatable bonds is 5. The number of benzene rings is 1. The van der Waals surface area contributed by atoms with Crippen LogP contribution in [0.2, 0.25) is 0 Å². The van der Waals surface area contributed by atoms with E-state index in [1.54, 1.807) is 0 Å². The topological polar surface area (TPSA) is 16.1 Å². The zero-order chi connectivity index (χ0) is 13.8. The van der Waals surface area contributed by atoms with E-state index in [0.29, 0.717) is 0 Å². The molecule has 0 saturated heterocycles. The van der Waals surface area contributed by atoms with Crippen molar-refractivity contribution in [2.24, 2.45) is 0 Å². The van der Waals surface area contributed by atoms with Crippen LogP contribution in [0.25, 0.3) is 10.1 Å². The molecule has 2 heterocycles. The molecule has 0 aliphatic heterocycles. The molecule has 0 amide bonds. The molecule has 0 aliphatic rings. The highest BCUT2D eigenvalue weighted by Gasteiger charge is 2.13. The highest BCUT2D eigenvalue weighted by atomic mass is 32.1. The first-order chi connectivity index (χ1) is 9.90. The van der Waals surface area contributed by atoms with Gasteiger partial charge in [-0.15, -0.1) is 11.3 Å². The molecule has 3 heteroatoms. The fourth-order valence-electron chi connectivity index (χ4n) is 2.40. The van der Waals surface area contributed by atoms with Crippen LogP contribution in [0.5, 0.6) is 0 Å². The maximum absolute atomic E-state index is 4.13. The number of unbranched alkanes of at least 4 members (excludes halogenated alkanes) is 1. The van der Waals surface area contributed by atoms with Crippen molar-refractivity contribution in [3.8, 4) is 0 Å². The van der Waals surface area contributed by atoms with Crippen LogP contribution in [0.4, 0.5) is 11.4 Å². The number of fused-ring (bicyclic) bond motifs is 1. The van der Waals surface area contributed by atoms with Gasteiger partial charge in [-0.25, -0.2) is 0 Å². The molecule has 0 spiro atoms. The van der Waals surface area contributed by atoms with Gasteiger partial charge in [0, 0.05) is 40.1 Å². The van der Waals surface area contributed by atoms with Crippen molar-refractivity contribution in [2.75, 3.05) is 11.4 Å². The van der Waals surface area contributed by atoms with Gasteiger partial charge in [-0.1, -0.05) is 31.5 Å². The van der Waals surface area contributed by atoms with Crippen LogP contribution in [-0.2, 0) is 0 Å². The molecular formula is C17H18N2S. The first-order valence-corrected chi connectivity index (χ1v) is 7.92. The van der Waals surface area contributed by atoms with Crippen molar-refractivity contribution >= 4 is 32.8 Å². The summed E-state index contributed by atoms with van der Waals surface area (Å²) < 4.78 is 1.35. The highest BCUT2D eigenvalue weighted by Crippen LogP contribution is 2.36. The lowest BCUT2D eigenvalue weighted by Gasteiger charge is -2.24. The van der Waals surface area contributed by atoms with Crippen LogP contribution in [0.3, 0.4) is 0 Å². The van der Waals surface area contributed by atoms with Gasteiger partial charge in [-0.2, -0.15) is 0 Å². The van der Waals surface area contributed by atoms with Gasteiger partial charge < -0.3 is 4.90 Å². The highest BCUT2D eigenvalue weighted by molar-refractivity contribution is 7.17. The summed E-state index contributed by atoms with van der Waals surface area (Å²) in [6.07, 6.45) is 6.11. The Balaban J connectivity index is 2.05. The van der Waals surface area contributed by atoms with Crippen LogP contribution in [0, 0.1) is 0 Å². The number of aromatic nitrogens is 1. The van der Waals surface area contributed by atoms with E-state index >= 15 is 0 Å². The molecule has 1 aromatic carbocycles. The molecule has 3 aromatic rings. The summed E-state index contributed by atoms with van der Waals surface area (Å²) in [7, 11) is 0. The molecule has 0 atom stereocenters. The Morgan fingerprint density at radius 3 is 2.70 bits per heavy atom. The minimum atomic E-state index is 1.04. The van der Waals surface area contributed by atoms with E-state index in [0.717, 1.165) is 6.54 Å². The number of thiophene rings is 1. The average molecular weight is 282 g/mol. The number of pyridine rings is 1. The van der Waals surface area contributed by atoms with Gasteiger partial charge in [-0.05, 0) is 24.6 Å². The lowest BCUT2D eigenvalue weighted by atomic mass is 10.2. The van der Waals surface area contributed by atoms with Gasteiger partial charge in [-0.3, -0.25) is 4.98 Å². The van der Waals surface area contributed by atoms with E-state index in [1.807, 2.05) is 23.7 Å². The Morgan fingerprint density at radius 1 is 1.10 bits per heavy atom. The summed E-state index contributed by atoms with van der Waals surface area (Å²) in [5, 5.41) is 3.60. The summed E-state index contributed by atoms with van der Waals surface area (Å²) in [6.45, 7) is 3.28. The van der Waals surface area contributed by atoms with E-state index in [1.165, 1.54) is 34.3 Å². The molecule has 102 valence electrons. The molecule has 0 fully saturated rings. The first-order valence-electron chi connectivity index (χ1n) is 7.04. The van der Waals surface area contributed by atoms with Gasteiger partial charge in [0.05, 0.1) is 5.69 Å². The van der Waals surface area contributed by atoms with Crippen molar-refractivity contribution in [2.45, 2.75) is 19.8 Å². The van der Waals surface area contributed by atoms with Gasteiger partial charge >= 0.3 is 0 Å². The Bertz CT molecular complexity index is 676. The maximum Gasteiger partial charge on any atom is 0.0599 e. The standard InChI is InChI=1S/C17H18N2S/c1-2-3-12-19(14-8-10-18-11-9-14)16-13-20-17-7-5-4-6-15(16)17/h4-11,13H,2-3,12H2,1H3. The van der Waals surface area contributed by atoms with Crippen molar-refractivity contribution < 1.29 is 0 Å². The lowest BCUT2D eigenvalue weighted by Crippen LogP contribution is -2.17. The van der Waals surface area contributed by atoms with Crippen LogP contribution >= 0.6 is 11.3 Å². The third kappa shape index (κ3) is 2.54. The van der Waals surface area contributed by atoms with E-state index in [2.05, 4.69) is 58.6 Å². The third-order valence-electron chi connectivity index (χ3n) is 3.46. The smallest absolute Gasteiger partial charge is 0.0599 e. The molecule has 2 aromatic heterocycles. The maximum atomic E-state index is 4.13. The molecule has 0 radical (unpaired) electrons. The van der Waals surface area contributed by atoms with Crippen molar-refractivity contribution in [3.63, 3.8) is 0 Å². The first kappa shape index (κ1) is 13.1. The molecule has 2 nitrogen and oxygen atoms in total. The van der Waals surface area contributed by atoms with Crippen LogP contribution in [0.1, 0.15) is 19.8 Å².